The number of aryl methyl sites for hydroxylation is 1. The molecule has 0 aliphatic rings. The lowest BCUT2D eigenvalue weighted by atomic mass is 9.94. The summed E-state index contributed by atoms with van der Waals surface area (Å²) in [5.74, 6) is 1.35. The van der Waals surface area contributed by atoms with Crippen LogP contribution in [-0.2, 0) is 11.2 Å². The highest BCUT2D eigenvalue weighted by Crippen LogP contribution is 2.18. The zero-order valence-electron chi connectivity index (χ0n) is 12.0. The van der Waals surface area contributed by atoms with Gasteiger partial charge in [-0.3, -0.25) is 9.89 Å². The van der Waals surface area contributed by atoms with E-state index < -0.39 is 0 Å². The highest BCUT2D eigenvalue weighted by molar-refractivity contribution is 5.90. The summed E-state index contributed by atoms with van der Waals surface area (Å²) in [6.45, 7) is 4.91. The van der Waals surface area contributed by atoms with Crippen molar-refractivity contribution in [2.75, 3.05) is 11.9 Å². The fourth-order valence-corrected chi connectivity index (χ4v) is 2.30. The number of H-pyrrole nitrogens is 1. The Hall–Kier alpha value is -1.36. The fourth-order valence-electron chi connectivity index (χ4n) is 2.30. The third-order valence-electron chi connectivity index (χ3n) is 3.41. The first-order valence-electron chi connectivity index (χ1n) is 7.23. The van der Waals surface area contributed by atoms with Crippen molar-refractivity contribution < 1.29 is 4.79 Å². The lowest BCUT2D eigenvalue weighted by molar-refractivity contribution is -0.116. The van der Waals surface area contributed by atoms with E-state index in [-0.39, 0.29) is 5.91 Å². The molecular formula is C14H26N4O. The molecule has 0 bridgehead atoms. The normalized spacial score (nSPS) is 12.4. The van der Waals surface area contributed by atoms with Crippen LogP contribution in [0.3, 0.4) is 0 Å². The molecule has 0 saturated carbocycles. The summed E-state index contributed by atoms with van der Waals surface area (Å²) in [6, 6.07) is 0. The molecule has 0 radical (unpaired) electrons. The smallest absolute Gasteiger partial charge is 0.225 e. The Kier molecular flexibility index (Phi) is 7.18. The Morgan fingerprint density at radius 2 is 2.21 bits per heavy atom. The van der Waals surface area contributed by atoms with Crippen LogP contribution >= 0.6 is 0 Å². The van der Waals surface area contributed by atoms with Crippen LogP contribution in [0, 0.1) is 5.92 Å². The molecule has 0 fully saturated rings. The summed E-state index contributed by atoms with van der Waals surface area (Å²) in [5, 5.41) is 9.66. The van der Waals surface area contributed by atoms with Gasteiger partial charge in [0.2, 0.25) is 5.91 Å². The summed E-state index contributed by atoms with van der Waals surface area (Å²) in [6.07, 6.45) is 7.37. The van der Waals surface area contributed by atoms with E-state index in [1.807, 2.05) is 6.92 Å². The predicted octanol–water partition coefficient (Wildman–Crippen LogP) is 2.46. The number of rotatable bonds is 9. The van der Waals surface area contributed by atoms with E-state index in [1.165, 1.54) is 0 Å². The maximum atomic E-state index is 11.9. The molecule has 5 nitrogen and oxygen atoms in total. The first kappa shape index (κ1) is 15.7. The van der Waals surface area contributed by atoms with Gasteiger partial charge in [-0.05, 0) is 31.7 Å². The maximum Gasteiger partial charge on any atom is 0.225 e. The SMILES string of the molecule is CCCC(CCN)CCC(=O)Nc1[nH]ncc1CC. The van der Waals surface area contributed by atoms with Crippen LogP contribution in [0.2, 0.25) is 0 Å². The predicted molar refractivity (Wildman–Crippen MR) is 77.9 cm³/mol. The van der Waals surface area contributed by atoms with Crippen molar-refractivity contribution in [3.63, 3.8) is 0 Å². The summed E-state index contributed by atoms with van der Waals surface area (Å²) < 4.78 is 0. The number of amides is 1. The van der Waals surface area contributed by atoms with Crippen LogP contribution in [0.5, 0.6) is 0 Å². The highest BCUT2D eigenvalue weighted by atomic mass is 16.1. The number of hydrogen-bond donors (Lipinski definition) is 3. The minimum absolute atomic E-state index is 0.0528. The van der Waals surface area contributed by atoms with Crippen LogP contribution in [0.25, 0.3) is 0 Å². The van der Waals surface area contributed by atoms with Gasteiger partial charge >= 0.3 is 0 Å². The Morgan fingerprint density at radius 1 is 1.42 bits per heavy atom. The van der Waals surface area contributed by atoms with Crippen molar-refractivity contribution in [3.8, 4) is 0 Å². The first-order valence-corrected chi connectivity index (χ1v) is 7.23. The maximum absolute atomic E-state index is 11.9. The fraction of sp³-hybridized carbons (Fsp3) is 0.714. The molecule has 0 saturated heterocycles. The molecule has 1 unspecified atom stereocenters. The molecule has 1 heterocycles. The van der Waals surface area contributed by atoms with Crippen LogP contribution in [0.1, 0.15) is 51.5 Å². The number of nitrogens with one attached hydrogen (secondary N) is 2. The third-order valence-corrected chi connectivity index (χ3v) is 3.41. The van der Waals surface area contributed by atoms with Crippen molar-refractivity contribution >= 4 is 11.7 Å². The van der Waals surface area contributed by atoms with E-state index in [0.717, 1.165) is 43.5 Å². The van der Waals surface area contributed by atoms with Gasteiger partial charge in [0, 0.05) is 12.0 Å². The number of aromatic amines is 1. The average molecular weight is 266 g/mol. The molecule has 4 N–H and O–H groups in total. The number of nitrogens with zero attached hydrogens (tertiary/aromatic N) is 1. The molecule has 0 aliphatic heterocycles. The lowest BCUT2D eigenvalue weighted by Gasteiger charge is -2.14. The molecule has 0 aromatic carbocycles. The van der Waals surface area contributed by atoms with Crippen molar-refractivity contribution in [1.29, 1.82) is 0 Å². The summed E-state index contributed by atoms with van der Waals surface area (Å²) in [5.41, 5.74) is 6.64. The highest BCUT2D eigenvalue weighted by Gasteiger charge is 2.12. The van der Waals surface area contributed by atoms with Gasteiger partial charge in [-0.2, -0.15) is 5.10 Å². The molecular weight excluding hydrogens is 240 g/mol. The first-order chi connectivity index (χ1) is 9.21. The third kappa shape index (κ3) is 5.42. The molecule has 0 aliphatic carbocycles. The van der Waals surface area contributed by atoms with Crippen LogP contribution in [-0.4, -0.2) is 22.6 Å². The standard InChI is InChI=1S/C14H26N4O/c1-3-5-11(8-9-15)6-7-13(19)17-14-12(4-2)10-16-18-14/h10-11H,3-9,15H2,1-2H3,(H2,16,17,18,19). The molecule has 1 amide bonds. The van der Waals surface area contributed by atoms with Crippen molar-refractivity contribution in [1.82, 2.24) is 10.2 Å². The zero-order chi connectivity index (χ0) is 14.1. The van der Waals surface area contributed by atoms with Gasteiger partial charge in [0.15, 0.2) is 0 Å². The van der Waals surface area contributed by atoms with E-state index in [0.29, 0.717) is 18.9 Å². The Morgan fingerprint density at radius 3 is 2.84 bits per heavy atom. The number of hydrogen-bond acceptors (Lipinski definition) is 3. The molecule has 0 spiro atoms. The van der Waals surface area contributed by atoms with Gasteiger partial charge in [-0.1, -0.05) is 26.7 Å². The topological polar surface area (TPSA) is 83.8 Å². The van der Waals surface area contributed by atoms with Crippen molar-refractivity contribution in [2.24, 2.45) is 11.7 Å². The van der Waals surface area contributed by atoms with E-state index >= 15 is 0 Å². The van der Waals surface area contributed by atoms with Gasteiger partial charge < -0.3 is 11.1 Å². The van der Waals surface area contributed by atoms with Crippen LogP contribution in [0.15, 0.2) is 6.20 Å². The molecule has 1 aromatic heterocycles. The largest absolute Gasteiger partial charge is 0.330 e. The quantitative estimate of drug-likeness (QED) is 0.642. The average Bonchev–Trinajstić information content (AvgIpc) is 2.83. The van der Waals surface area contributed by atoms with Gasteiger partial charge in [0.25, 0.3) is 0 Å². The summed E-state index contributed by atoms with van der Waals surface area (Å²) >= 11 is 0. The van der Waals surface area contributed by atoms with Gasteiger partial charge in [0.1, 0.15) is 5.82 Å². The molecule has 108 valence electrons. The summed E-state index contributed by atoms with van der Waals surface area (Å²) in [7, 11) is 0. The summed E-state index contributed by atoms with van der Waals surface area (Å²) in [4.78, 5) is 11.9. The van der Waals surface area contributed by atoms with E-state index in [2.05, 4.69) is 22.4 Å². The second kappa shape index (κ2) is 8.69. The lowest BCUT2D eigenvalue weighted by Crippen LogP contribution is -2.16. The number of nitrogens with two attached hydrogens (primary N) is 1. The minimum Gasteiger partial charge on any atom is -0.330 e. The second-order valence-corrected chi connectivity index (χ2v) is 4.94. The Bertz CT molecular complexity index is 369. The Labute approximate surface area is 115 Å². The van der Waals surface area contributed by atoms with E-state index in [1.54, 1.807) is 6.20 Å². The van der Waals surface area contributed by atoms with E-state index in [9.17, 15) is 4.79 Å². The van der Waals surface area contributed by atoms with Gasteiger partial charge in [-0.25, -0.2) is 0 Å². The van der Waals surface area contributed by atoms with Crippen molar-refractivity contribution in [2.45, 2.75) is 52.4 Å². The van der Waals surface area contributed by atoms with Crippen LogP contribution < -0.4 is 11.1 Å². The second-order valence-electron chi connectivity index (χ2n) is 4.94. The molecule has 1 rings (SSSR count). The molecule has 19 heavy (non-hydrogen) atoms. The van der Waals surface area contributed by atoms with Gasteiger partial charge in [-0.15, -0.1) is 0 Å². The molecule has 1 atom stereocenters. The zero-order valence-corrected chi connectivity index (χ0v) is 12.0. The van der Waals surface area contributed by atoms with Crippen LogP contribution in [0.4, 0.5) is 5.82 Å². The van der Waals surface area contributed by atoms with E-state index in [4.69, 9.17) is 5.73 Å². The number of anilines is 1. The number of carbonyl (C=O) groups excluding carboxylic acids is 1. The minimum atomic E-state index is 0.0528. The van der Waals surface area contributed by atoms with Gasteiger partial charge in [0.05, 0.1) is 6.20 Å². The van der Waals surface area contributed by atoms with Crippen molar-refractivity contribution in [3.05, 3.63) is 11.8 Å². The number of aromatic nitrogens is 2. The number of carbonyl (C=O) groups is 1. The monoisotopic (exact) mass is 266 g/mol. The molecule has 1 aromatic rings. The molecule has 5 heteroatoms. The Balaban J connectivity index is 2.38.